The Hall–Kier alpha value is -3.25. The number of nitrogens with one attached hydrogen (secondary N) is 2. The van der Waals surface area contributed by atoms with E-state index in [0.717, 1.165) is 80.6 Å². The summed E-state index contributed by atoms with van der Waals surface area (Å²) in [5.41, 5.74) is 3.37. The van der Waals surface area contributed by atoms with Crippen LogP contribution in [-0.4, -0.2) is 123 Å². The number of aromatic amines is 1. The number of anilines is 1. The Morgan fingerprint density at radius 1 is 1.07 bits per heavy atom. The first-order valence-corrected chi connectivity index (χ1v) is 20.9. The number of aryl methyl sites for hydroxylation is 1. The van der Waals surface area contributed by atoms with Crippen molar-refractivity contribution in [2.75, 3.05) is 51.2 Å². The topological polar surface area (TPSA) is 136 Å². The van der Waals surface area contributed by atoms with Crippen molar-refractivity contribution in [2.45, 2.75) is 119 Å². The smallest absolute Gasteiger partial charge is 0.257 e. The fraction of sp³-hybridized carbons (Fsp3) is 0.622. The highest BCUT2D eigenvalue weighted by molar-refractivity contribution is 5.90. The number of aliphatic hydroxyl groups excluding tert-OH is 2. The second kappa shape index (κ2) is 12.6. The van der Waals surface area contributed by atoms with Crippen molar-refractivity contribution in [3.63, 3.8) is 0 Å². The van der Waals surface area contributed by atoms with Crippen molar-refractivity contribution in [3.05, 3.63) is 76.5 Å². The van der Waals surface area contributed by atoms with Crippen LogP contribution < -0.4 is 10.2 Å². The first-order chi connectivity index (χ1) is 26.2. The average Bonchev–Trinajstić information content (AvgIpc) is 3.82. The van der Waals surface area contributed by atoms with Gasteiger partial charge in [0.15, 0.2) is 5.60 Å². The van der Waals surface area contributed by atoms with E-state index < -0.39 is 51.6 Å². The number of fused-ring (bicyclic) bond motifs is 6. The molecule has 1 amide bonds. The molecular formula is C45H61N5O5. The van der Waals surface area contributed by atoms with Gasteiger partial charge >= 0.3 is 0 Å². The summed E-state index contributed by atoms with van der Waals surface area (Å²) >= 11 is 0. The van der Waals surface area contributed by atoms with E-state index in [1.165, 1.54) is 22.2 Å². The van der Waals surface area contributed by atoms with Crippen molar-refractivity contribution in [3.8, 4) is 0 Å². The lowest BCUT2D eigenvalue weighted by molar-refractivity contribution is -0.203. The van der Waals surface area contributed by atoms with Gasteiger partial charge in [-0.2, -0.15) is 0 Å². The number of rotatable bonds is 6. The van der Waals surface area contributed by atoms with Crippen LogP contribution in [-0.2, 0) is 22.0 Å². The zero-order valence-corrected chi connectivity index (χ0v) is 33.5. The fourth-order valence-electron chi connectivity index (χ4n) is 13.4. The molecule has 10 heteroatoms. The molecule has 5 aliphatic heterocycles. The third-order valence-corrected chi connectivity index (χ3v) is 15.6. The first-order valence-electron chi connectivity index (χ1n) is 20.9. The van der Waals surface area contributed by atoms with Gasteiger partial charge in [0.1, 0.15) is 6.10 Å². The van der Waals surface area contributed by atoms with Gasteiger partial charge in [0, 0.05) is 84.3 Å². The van der Waals surface area contributed by atoms with E-state index in [0.29, 0.717) is 13.0 Å². The largest absolute Gasteiger partial charge is 0.392 e. The molecule has 10 nitrogen and oxygen atoms in total. The molecule has 1 saturated carbocycles. The first kappa shape index (κ1) is 37.3. The second-order valence-electron chi connectivity index (χ2n) is 18.7. The molecule has 11 atom stereocenters. The number of piperidine rings is 1. The van der Waals surface area contributed by atoms with E-state index in [1.54, 1.807) is 6.92 Å². The van der Waals surface area contributed by atoms with Gasteiger partial charge in [-0.3, -0.25) is 14.6 Å². The number of para-hydroxylation sites is 1. The molecule has 1 spiro atoms. The Morgan fingerprint density at radius 3 is 2.60 bits per heavy atom. The molecule has 55 heavy (non-hydrogen) atoms. The maximum Gasteiger partial charge on any atom is 0.257 e. The van der Waals surface area contributed by atoms with Crippen LogP contribution >= 0.6 is 0 Å². The lowest BCUT2D eigenvalue weighted by Gasteiger charge is -2.63. The summed E-state index contributed by atoms with van der Waals surface area (Å²) in [5, 5.41) is 51.9. The minimum Gasteiger partial charge on any atom is -0.392 e. The average molecular weight is 752 g/mol. The van der Waals surface area contributed by atoms with Crippen LogP contribution in [0, 0.1) is 18.3 Å². The highest BCUT2D eigenvalue weighted by atomic mass is 16.4. The summed E-state index contributed by atoms with van der Waals surface area (Å²) in [7, 11) is 1.98. The number of benzene rings is 2. The zero-order valence-electron chi connectivity index (χ0n) is 33.5. The summed E-state index contributed by atoms with van der Waals surface area (Å²) in [4.78, 5) is 25.5. The third kappa shape index (κ3) is 4.97. The number of carbonyl (C=O) groups is 1. The Morgan fingerprint density at radius 2 is 1.85 bits per heavy atom. The van der Waals surface area contributed by atoms with Crippen LogP contribution in [0.3, 0.4) is 0 Å². The molecule has 6 N–H and O–H groups in total. The lowest BCUT2D eigenvalue weighted by Crippen LogP contribution is -2.81. The van der Waals surface area contributed by atoms with Crippen molar-refractivity contribution in [1.82, 2.24) is 20.1 Å². The maximum atomic E-state index is 14.5. The number of hydrogen-bond donors (Lipinski definition) is 6. The number of carbonyl (C=O) groups excluding carboxylic acids is 1. The normalized spacial score (nSPS) is 39.7. The Balaban J connectivity index is 1.28. The molecule has 2 saturated heterocycles. The molecule has 3 fully saturated rings. The summed E-state index contributed by atoms with van der Waals surface area (Å²) < 4.78 is 0. The fourth-order valence-corrected chi connectivity index (χ4v) is 13.4. The summed E-state index contributed by atoms with van der Waals surface area (Å²) in [6, 6.07) is 12.5. The molecule has 2 aromatic carbocycles. The summed E-state index contributed by atoms with van der Waals surface area (Å²) in [6.07, 6.45) is 6.56. The van der Waals surface area contributed by atoms with Gasteiger partial charge in [0.05, 0.1) is 17.7 Å². The Labute approximate surface area is 325 Å². The number of aliphatic hydroxyl groups is 4. The molecular weight excluding hydrogens is 691 g/mol. The number of nitrogens with zero attached hydrogens (tertiary/aromatic N) is 3. The summed E-state index contributed by atoms with van der Waals surface area (Å²) in [5.74, 6) is -0.366. The molecule has 9 rings (SSSR count). The SMILES string of the molecule is CCC1(O)CC2CN(CCc3c([nH]c4ccccc34)[C@@](C)(c3cc4c(cc3C)N(C)C3C45CCN4CC=C[C@](CC)(C45)[C@@H](O)[C@]3(O)C(=O)NC[C@@H](C)O)C2)C1. The van der Waals surface area contributed by atoms with Crippen LogP contribution in [0.2, 0.25) is 0 Å². The quantitative estimate of drug-likeness (QED) is 0.209. The molecule has 0 radical (unpaired) electrons. The lowest BCUT2D eigenvalue weighted by atomic mass is 9.47. The number of hydrogen-bond acceptors (Lipinski definition) is 8. The van der Waals surface area contributed by atoms with Crippen LogP contribution in [0.4, 0.5) is 5.69 Å². The number of amides is 1. The van der Waals surface area contributed by atoms with E-state index in [1.807, 2.05) is 7.05 Å². The van der Waals surface area contributed by atoms with E-state index in [9.17, 15) is 25.2 Å². The molecule has 296 valence electrons. The van der Waals surface area contributed by atoms with Crippen molar-refractivity contribution in [2.24, 2.45) is 11.3 Å². The number of aromatic nitrogens is 1. The van der Waals surface area contributed by atoms with Crippen molar-refractivity contribution in [1.29, 1.82) is 0 Å². The maximum absolute atomic E-state index is 14.5. The molecule has 3 aromatic rings. The standard InChI is InChI=1S/C45H61N5O5/c1-7-42(54)23-29-22-41(5,36-31(14-18-49(25-29)26-42)30-12-9-10-13-34(30)47-36)32-21-33-35(20-27(32)3)48(6)38-44(33)16-19-50-17-11-15-43(8-2,37(44)50)39(52)45(38,55)40(53)46-24-28(4)51/h9-13,15,20-21,28-29,37-39,47,51-52,54-55H,7-8,14,16-19,22-26H2,1-6H3,(H,46,53)/t28-,29?,37?,38?,39-,41-,42?,43-,44?,45+/m1/s1. The molecule has 1 aromatic heterocycles. The van der Waals surface area contributed by atoms with Gasteiger partial charge in [-0.15, -0.1) is 0 Å². The molecule has 2 bridgehead atoms. The molecule has 1 aliphatic carbocycles. The number of H-pyrrole nitrogens is 1. The predicted molar refractivity (Wildman–Crippen MR) is 215 cm³/mol. The van der Waals surface area contributed by atoms with Gasteiger partial charge in [0.2, 0.25) is 0 Å². The van der Waals surface area contributed by atoms with Gasteiger partial charge in [0.25, 0.3) is 5.91 Å². The van der Waals surface area contributed by atoms with Crippen LogP contribution in [0.1, 0.15) is 87.7 Å². The van der Waals surface area contributed by atoms with Crippen LogP contribution in [0.25, 0.3) is 10.9 Å². The highest BCUT2D eigenvalue weighted by Gasteiger charge is 2.78. The minimum absolute atomic E-state index is 0.0189. The molecule has 6 heterocycles. The monoisotopic (exact) mass is 751 g/mol. The van der Waals surface area contributed by atoms with Crippen molar-refractivity contribution >= 4 is 22.5 Å². The Bertz CT molecular complexity index is 2060. The Kier molecular flexibility index (Phi) is 8.57. The van der Waals surface area contributed by atoms with Gasteiger partial charge < -0.3 is 35.6 Å². The molecule has 6 aliphatic rings. The third-order valence-electron chi connectivity index (χ3n) is 15.6. The predicted octanol–water partition coefficient (Wildman–Crippen LogP) is 3.89. The van der Waals surface area contributed by atoms with Gasteiger partial charge in [-0.25, -0.2) is 0 Å². The number of likely N-dealkylation sites (N-methyl/N-ethyl adjacent to an activating group) is 1. The second-order valence-corrected chi connectivity index (χ2v) is 18.7. The van der Waals surface area contributed by atoms with Crippen molar-refractivity contribution < 1.29 is 25.2 Å². The van der Waals surface area contributed by atoms with E-state index in [-0.39, 0.29) is 18.5 Å². The van der Waals surface area contributed by atoms with Crippen LogP contribution in [0.15, 0.2) is 48.6 Å². The van der Waals surface area contributed by atoms with Gasteiger partial charge in [-0.05, 0) is 106 Å². The van der Waals surface area contributed by atoms with E-state index in [4.69, 9.17) is 0 Å². The molecule has 6 unspecified atom stereocenters. The van der Waals surface area contributed by atoms with Gasteiger partial charge in [-0.1, -0.05) is 50.3 Å². The summed E-state index contributed by atoms with van der Waals surface area (Å²) in [6.45, 7) is 14.5. The zero-order chi connectivity index (χ0) is 38.9. The van der Waals surface area contributed by atoms with Crippen LogP contribution in [0.5, 0.6) is 0 Å². The minimum atomic E-state index is -2.16. The van der Waals surface area contributed by atoms with E-state index in [2.05, 4.69) is 101 Å². The van der Waals surface area contributed by atoms with E-state index >= 15 is 0 Å². The highest BCUT2D eigenvalue weighted by Crippen LogP contribution is 2.67.